The first kappa shape index (κ1) is 23.5. The van der Waals surface area contributed by atoms with Gasteiger partial charge in [-0.1, -0.05) is 37.1 Å². The molecule has 1 aromatic carbocycles. The minimum atomic E-state index is -0.194. The number of carbonyl (C=O) groups excluding carboxylic acids is 3. The summed E-state index contributed by atoms with van der Waals surface area (Å²) >= 11 is 1.59. The molecule has 3 atom stereocenters. The number of aryl methyl sites for hydroxylation is 1. The van der Waals surface area contributed by atoms with Gasteiger partial charge in [0.2, 0.25) is 11.8 Å². The predicted octanol–water partition coefficient (Wildman–Crippen LogP) is 3.70. The van der Waals surface area contributed by atoms with E-state index >= 15 is 0 Å². The van der Waals surface area contributed by atoms with Gasteiger partial charge in [0.15, 0.2) is 0 Å². The number of nitrogens with one attached hydrogen (secondary N) is 2. The van der Waals surface area contributed by atoms with E-state index in [0.29, 0.717) is 25.1 Å². The van der Waals surface area contributed by atoms with E-state index in [-0.39, 0.29) is 35.7 Å². The molecule has 2 heterocycles. The van der Waals surface area contributed by atoms with Crippen LogP contribution in [0.4, 0.5) is 0 Å². The van der Waals surface area contributed by atoms with Crippen LogP contribution in [0, 0.1) is 12.8 Å². The molecule has 0 radical (unpaired) electrons. The van der Waals surface area contributed by atoms with Crippen molar-refractivity contribution in [3.63, 3.8) is 0 Å². The predicted molar refractivity (Wildman–Crippen MR) is 130 cm³/mol. The zero-order chi connectivity index (χ0) is 23.2. The fourth-order valence-corrected chi connectivity index (χ4v) is 5.64. The topological polar surface area (TPSA) is 78.5 Å². The summed E-state index contributed by atoms with van der Waals surface area (Å²) < 4.78 is 0. The molecule has 1 aromatic heterocycles. The minimum absolute atomic E-state index is 0.00524. The van der Waals surface area contributed by atoms with Gasteiger partial charge in [-0.2, -0.15) is 0 Å². The van der Waals surface area contributed by atoms with Crippen molar-refractivity contribution in [2.45, 2.75) is 64.0 Å². The molecule has 1 saturated carbocycles. The van der Waals surface area contributed by atoms with E-state index in [1.165, 1.54) is 0 Å². The number of likely N-dealkylation sites (tertiary alicyclic amines) is 1. The number of rotatable bonds is 6. The highest BCUT2D eigenvalue weighted by molar-refractivity contribution is 7.10. The van der Waals surface area contributed by atoms with Crippen molar-refractivity contribution in [3.05, 3.63) is 57.8 Å². The van der Waals surface area contributed by atoms with Gasteiger partial charge in [0.1, 0.15) is 0 Å². The maximum atomic E-state index is 13.1. The normalized spacial score (nSPS) is 23.1. The summed E-state index contributed by atoms with van der Waals surface area (Å²) in [6.07, 6.45) is 5.84. The molecule has 1 aliphatic carbocycles. The number of thiophene rings is 1. The smallest absolute Gasteiger partial charge is 0.251 e. The SMILES string of the molecule is Cc1ccccc1C(=O)N[C@@H]1CCCC[C@H]1NC(=O)[C@@H]1CCCN(C(=O)Cc2cccs2)C1. The van der Waals surface area contributed by atoms with E-state index in [0.717, 1.165) is 49.0 Å². The van der Waals surface area contributed by atoms with E-state index in [1.54, 1.807) is 11.3 Å². The van der Waals surface area contributed by atoms with Crippen molar-refractivity contribution >= 4 is 29.1 Å². The van der Waals surface area contributed by atoms with Crippen LogP contribution in [0.2, 0.25) is 0 Å². The Balaban J connectivity index is 1.34. The quantitative estimate of drug-likeness (QED) is 0.680. The number of hydrogen-bond acceptors (Lipinski definition) is 4. The molecule has 33 heavy (non-hydrogen) atoms. The second kappa shape index (κ2) is 11.0. The molecule has 2 fully saturated rings. The van der Waals surface area contributed by atoms with Gasteiger partial charge in [-0.15, -0.1) is 11.3 Å². The third-order valence-corrected chi connectivity index (χ3v) is 7.73. The zero-order valence-corrected chi connectivity index (χ0v) is 20.0. The van der Waals surface area contributed by atoms with Crippen LogP contribution in [-0.4, -0.2) is 47.8 Å². The maximum absolute atomic E-state index is 13.1. The van der Waals surface area contributed by atoms with Crippen LogP contribution >= 0.6 is 11.3 Å². The third-order valence-electron chi connectivity index (χ3n) is 6.85. The van der Waals surface area contributed by atoms with Crippen molar-refractivity contribution in [2.24, 2.45) is 5.92 Å². The van der Waals surface area contributed by atoms with Gasteiger partial charge in [0, 0.05) is 35.6 Å². The fraction of sp³-hybridized carbons (Fsp3) is 0.500. The number of nitrogens with zero attached hydrogens (tertiary/aromatic N) is 1. The molecule has 0 bridgehead atoms. The van der Waals surface area contributed by atoms with Gasteiger partial charge in [0.05, 0.1) is 12.3 Å². The maximum Gasteiger partial charge on any atom is 0.251 e. The van der Waals surface area contributed by atoms with Crippen LogP contribution in [0.3, 0.4) is 0 Å². The van der Waals surface area contributed by atoms with Crippen LogP contribution in [0.1, 0.15) is 59.3 Å². The average molecular weight is 468 g/mol. The van der Waals surface area contributed by atoms with Crippen molar-refractivity contribution < 1.29 is 14.4 Å². The number of piperidine rings is 1. The molecule has 0 spiro atoms. The molecule has 0 unspecified atom stereocenters. The summed E-state index contributed by atoms with van der Waals surface area (Å²) in [6, 6.07) is 11.4. The zero-order valence-electron chi connectivity index (χ0n) is 19.2. The van der Waals surface area contributed by atoms with Crippen LogP contribution in [0.15, 0.2) is 41.8 Å². The largest absolute Gasteiger partial charge is 0.351 e. The number of amides is 3. The highest BCUT2D eigenvalue weighted by atomic mass is 32.1. The molecule has 6 nitrogen and oxygen atoms in total. The van der Waals surface area contributed by atoms with Crippen LogP contribution in [0.25, 0.3) is 0 Å². The Morgan fingerprint density at radius 3 is 2.45 bits per heavy atom. The molecule has 3 amide bonds. The van der Waals surface area contributed by atoms with Gasteiger partial charge >= 0.3 is 0 Å². The highest BCUT2D eigenvalue weighted by Crippen LogP contribution is 2.23. The van der Waals surface area contributed by atoms with Gasteiger partial charge in [-0.3, -0.25) is 14.4 Å². The second-order valence-corrected chi connectivity index (χ2v) is 10.3. The summed E-state index contributed by atoms with van der Waals surface area (Å²) in [4.78, 5) is 41.6. The lowest BCUT2D eigenvalue weighted by Gasteiger charge is -2.36. The van der Waals surface area contributed by atoms with Crippen molar-refractivity contribution in [1.82, 2.24) is 15.5 Å². The lowest BCUT2D eigenvalue weighted by molar-refractivity contribution is -0.135. The van der Waals surface area contributed by atoms with E-state index in [2.05, 4.69) is 10.6 Å². The standard InChI is InChI=1S/C26H33N3O3S/c1-18-8-2-3-11-21(18)26(32)28-23-13-5-4-12-22(23)27-25(31)19-9-6-14-29(17-19)24(30)16-20-10-7-15-33-20/h2-3,7-8,10-11,15,19,22-23H,4-6,9,12-14,16-17H2,1H3,(H,27,31)(H,28,32)/t19-,22-,23-/m1/s1. The molecular weight excluding hydrogens is 434 g/mol. The van der Waals surface area contributed by atoms with E-state index in [9.17, 15) is 14.4 Å². The Morgan fingerprint density at radius 1 is 0.970 bits per heavy atom. The molecule has 2 aliphatic rings. The Labute approximate surface area is 199 Å². The molecule has 1 aliphatic heterocycles. The second-order valence-electron chi connectivity index (χ2n) is 9.23. The van der Waals surface area contributed by atoms with Gasteiger partial charge in [-0.25, -0.2) is 0 Å². The van der Waals surface area contributed by atoms with Crippen LogP contribution in [0.5, 0.6) is 0 Å². The minimum Gasteiger partial charge on any atom is -0.351 e. The first-order valence-corrected chi connectivity index (χ1v) is 12.9. The Kier molecular flexibility index (Phi) is 7.81. The summed E-state index contributed by atoms with van der Waals surface area (Å²) in [5, 5.41) is 8.37. The molecular formula is C26H33N3O3S. The highest BCUT2D eigenvalue weighted by Gasteiger charge is 2.33. The van der Waals surface area contributed by atoms with Crippen molar-refractivity contribution in [1.29, 1.82) is 0 Å². The lowest BCUT2D eigenvalue weighted by Crippen LogP contribution is -2.55. The first-order valence-electron chi connectivity index (χ1n) is 12.0. The van der Waals surface area contributed by atoms with Gasteiger partial charge in [0.25, 0.3) is 5.91 Å². The van der Waals surface area contributed by atoms with Crippen LogP contribution in [-0.2, 0) is 16.0 Å². The fourth-order valence-electron chi connectivity index (χ4n) is 4.94. The lowest BCUT2D eigenvalue weighted by atomic mass is 9.88. The van der Waals surface area contributed by atoms with E-state index in [1.807, 2.05) is 53.6 Å². The molecule has 1 saturated heterocycles. The average Bonchev–Trinajstić information content (AvgIpc) is 3.33. The summed E-state index contributed by atoms with van der Waals surface area (Å²) in [5.74, 6) is -0.176. The third kappa shape index (κ3) is 6.02. The van der Waals surface area contributed by atoms with Crippen molar-refractivity contribution in [3.8, 4) is 0 Å². The monoisotopic (exact) mass is 467 g/mol. The Morgan fingerprint density at radius 2 is 1.73 bits per heavy atom. The first-order chi connectivity index (χ1) is 16.0. The summed E-state index contributed by atoms with van der Waals surface area (Å²) in [7, 11) is 0. The molecule has 176 valence electrons. The molecule has 4 rings (SSSR count). The molecule has 2 aromatic rings. The van der Waals surface area contributed by atoms with E-state index in [4.69, 9.17) is 0 Å². The van der Waals surface area contributed by atoms with Crippen LogP contribution < -0.4 is 10.6 Å². The molecule has 2 N–H and O–H groups in total. The number of benzene rings is 1. The number of carbonyl (C=O) groups is 3. The van der Waals surface area contributed by atoms with E-state index < -0.39 is 0 Å². The molecule has 7 heteroatoms. The van der Waals surface area contributed by atoms with Crippen molar-refractivity contribution in [2.75, 3.05) is 13.1 Å². The Hall–Kier alpha value is -2.67. The van der Waals surface area contributed by atoms with Gasteiger partial charge < -0.3 is 15.5 Å². The summed E-state index contributed by atoms with van der Waals surface area (Å²) in [6.45, 7) is 3.12. The van der Waals surface area contributed by atoms with Gasteiger partial charge in [-0.05, 0) is 55.7 Å². The summed E-state index contributed by atoms with van der Waals surface area (Å²) in [5.41, 5.74) is 1.63. The Bertz CT molecular complexity index is 975. The number of hydrogen-bond donors (Lipinski definition) is 2.